The number of nitrogens with zero attached hydrogens (tertiary/aromatic N) is 1. The molecule has 0 radical (unpaired) electrons. The molecule has 0 spiro atoms. The highest BCUT2D eigenvalue weighted by Gasteiger charge is 2.14. The largest absolute Gasteiger partial charge is 0.550 e. The third-order valence-electron chi connectivity index (χ3n) is 4.08. The highest BCUT2D eigenvalue weighted by atomic mass is 16.6. The molecule has 0 fully saturated rings. The predicted octanol–water partition coefficient (Wildman–Crippen LogP) is 2.31. The lowest BCUT2D eigenvalue weighted by Crippen LogP contribution is -2.80. The van der Waals surface area contributed by atoms with Crippen molar-refractivity contribution in [2.75, 3.05) is 14.1 Å². The van der Waals surface area contributed by atoms with Crippen molar-refractivity contribution in [1.29, 1.82) is 0 Å². The first kappa shape index (κ1) is 18.0. The van der Waals surface area contributed by atoms with E-state index in [1.807, 2.05) is 57.4 Å². The summed E-state index contributed by atoms with van der Waals surface area (Å²) in [5, 5.41) is 10.1. The third kappa shape index (κ3) is 5.39. The van der Waals surface area contributed by atoms with Gasteiger partial charge in [0, 0.05) is 12.5 Å². The molecule has 0 aliphatic heterocycles. The van der Waals surface area contributed by atoms with Gasteiger partial charge in [0.25, 0.3) is 0 Å². The first-order valence-corrected chi connectivity index (χ1v) is 8.26. The zero-order chi connectivity index (χ0) is 17.5. The number of benzene rings is 2. The second-order valence-electron chi connectivity index (χ2n) is 6.35. The lowest BCUT2D eigenvalue weighted by atomic mass is 10.1. The Morgan fingerprint density at radius 1 is 1.08 bits per heavy atom. The number of nitrogens with one attached hydrogen (secondary N) is 1. The number of ether oxygens (including phenoxy) is 1. The van der Waals surface area contributed by atoms with Gasteiger partial charge < -0.3 is 14.7 Å². The maximum absolute atomic E-state index is 10.1. The molecule has 4 nitrogen and oxygen atoms in total. The van der Waals surface area contributed by atoms with Gasteiger partial charge >= 0.3 is 6.08 Å². The monoisotopic (exact) mass is 327 g/mol. The third-order valence-corrected chi connectivity index (χ3v) is 4.08. The van der Waals surface area contributed by atoms with Crippen LogP contribution < -0.4 is 9.73 Å². The Labute approximate surface area is 144 Å². The van der Waals surface area contributed by atoms with Gasteiger partial charge in [0.2, 0.25) is 0 Å². The minimum Gasteiger partial charge on any atom is -0.430 e. The Kier molecular flexibility index (Phi) is 6.38. The summed E-state index contributed by atoms with van der Waals surface area (Å²) in [4.78, 5) is 5.12. The molecular formula is C20H27N2O2+. The van der Waals surface area contributed by atoms with Crippen molar-refractivity contribution in [3.8, 4) is 5.75 Å². The van der Waals surface area contributed by atoms with Gasteiger partial charge in [0.05, 0.1) is 0 Å². The molecule has 2 N–H and O–H groups in total. The molecule has 2 aromatic carbocycles. The molecule has 0 amide bonds. The highest BCUT2D eigenvalue weighted by Crippen LogP contribution is 2.21. The van der Waals surface area contributed by atoms with Crippen molar-refractivity contribution in [2.24, 2.45) is 0 Å². The van der Waals surface area contributed by atoms with Crippen molar-refractivity contribution in [3.05, 3.63) is 65.7 Å². The minimum atomic E-state index is -0.173. The van der Waals surface area contributed by atoms with Gasteiger partial charge in [-0.25, -0.2) is 0 Å². The van der Waals surface area contributed by atoms with E-state index in [2.05, 4.69) is 35.0 Å². The van der Waals surface area contributed by atoms with E-state index in [9.17, 15) is 5.11 Å². The van der Waals surface area contributed by atoms with E-state index in [1.165, 1.54) is 5.56 Å². The van der Waals surface area contributed by atoms with Crippen molar-refractivity contribution < 1.29 is 14.8 Å². The van der Waals surface area contributed by atoms with Crippen LogP contribution in [0.15, 0.2) is 54.6 Å². The normalized spacial score (nSPS) is 14.5. The molecule has 24 heavy (non-hydrogen) atoms. The summed E-state index contributed by atoms with van der Waals surface area (Å²) in [5.74, 6) is 0.623. The van der Waals surface area contributed by atoms with Crippen LogP contribution in [0.2, 0.25) is 0 Å². The summed E-state index contributed by atoms with van der Waals surface area (Å²) >= 11 is 0. The van der Waals surface area contributed by atoms with Crippen molar-refractivity contribution in [2.45, 2.75) is 32.4 Å². The quantitative estimate of drug-likeness (QED) is 0.632. The van der Waals surface area contributed by atoms with Crippen LogP contribution in [0.25, 0.3) is 0 Å². The van der Waals surface area contributed by atoms with Crippen molar-refractivity contribution >= 4 is 6.08 Å². The first-order chi connectivity index (χ1) is 11.5. The molecule has 0 saturated carbocycles. The summed E-state index contributed by atoms with van der Waals surface area (Å²) < 4.78 is 5.54. The standard InChI is InChI=1S/C20H26N2O2/c1-15(13-17-9-6-5-7-10-17)21-20(23)24-19-12-8-11-18(14-19)16(2)22(3)4/h5-12,14-16H,13H2,1-4H3,(H,21,23)/p+1/t15-,16+/m1/s1. The van der Waals surface area contributed by atoms with E-state index in [-0.39, 0.29) is 18.2 Å². The number of rotatable bonds is 6. The Balaban J connectivity index is 2.00. The van der Waals surface area contributed by atoms with Crippen LogP contribution in [0.1, 0.15) is 31.0 Å². The molecule has 4 heteroatoms. The fourth-order valence-electron chi connectivity index (χ4n) is 2.51. The molecular weight excluding hydrogens is 300 g/mol. The lowest BCUT2D eigenvalue weighted by molar-refractivity contribution is -0.514. The molecule has 128 valence electrons. The smallest absolute Gasteiger partial charge is 0.430 e. The fourth-order valence-corrected chi connectivity index (χ4v) is 2.51. The number of aliphatic hydroxyl groups is 1. The molecule has 0 aliphatic rings. The number of hydrogen-bond acceptors (Lipinski definition) is 2. The maximum Gasteiger partial charge on any atom is 0.550 e. The summed E-state index contributed by atoms with van der Waals surface area (Å²) in [7, 11) is 4.07. The molecule has 0 bridgehead atoms. The minimum absolute atomic E-state index is 0.0660. The Hall–Kier alpha value is -2.33. The van der Waals surface area contributed by atoms with Gasteiger partial charge in [0.15, 0.2) is 6.04 Å². The Morgan fingerprint density at radius 3 is 2.46 bits per heavy atom. The van der Waals surface area contributed by atoms with Gasteiger partial charge in [0.1, 0.15) is 5.75 Å². The second kappa shape index (κ2) is 8.50. The van der Waals surface area contributed by atoms with Crippen LogP contribution in [0.5, 0.6) is 5.75 Å². The molecule has 2 rings (SSSR count). The van der Waals surface area contributed by atoms with Crippen molar-refractivity contribution in [3.63, 3.8) is 0 Å². The zero-order valence-electron chi connectivity index (χ0n) is 14.9. The van der Waals surface area contributed by atoms with E-state index >= 15 is 0 Å². The molecule has 0 aliphatic carbocycles. The zero-order valence-corrected chi connectivity index (χ0v) is 14.9. The maximum atomic E-state index is 10.1. The van der Waals surface area contributed by atoms with Gasteiger partial charge in [-0.3, -0.25) is 0 Å². The van der Waals surface area contributed by atoms with Gasteiger partial charge in [-0.15, -0.1) is 0 Å². The first-order valence-electron chi connectivity index (χ1n) is 8.26. The predicted molar refractivity (Wildman–Crippen MR) is 97.4 cm³/mol. The van der Waals surface area contributed by atoms with Crippen LogP contribution in [0, 0.1) is 0 Å². The topological polar surface area (TPSA) is 46.7 Å². The summed E-state index contributed by atoms with van der Waals surface area (Å²) in [6, 6.07) is 18.3. The van der Waals surface area contributed by atoms with Crippen LogP contribution in [-0.4, -0.2) is 36.2 Å². The molecule has 0 saturated heterocycles. The van der Waals surface area contributed by atoms with Gasteiger partial charge in [-0.2, -0.15) is 4.99 Å². The Morgan fingerprint density at radius 2 is 1.79 bits per heavy atom. The lowest BCUT2D eigenvalue weighted by Gasteiger charge is -2.20. The molecule has 0 aromatic heterocycles. The molecule has 0 unspecified atom stereocenters. The van der Waals surface area contributed by atoms with Gasteiger partial charge in [-0.1, -0.05) is 42.5 Å². The average Bonchev–Trinajstić information content (AvgIpc) is 2.54. The SMILES string of the molecule is C[C@H](Cc1ccccc1)[NH+]=C(O)Oc1cccc([C@H](C)N(C)C)c1. The molecule has 0 heterocycles. The molecule has 2 atom stereocenters. The van der Waals surface area contributed by atoms with E-state index < -0.39 is 0 Å². The van der Waals surface area contributed by atoms with Crippen molar-refractivity contribution in [1.82, 2.24) is 4.90 Å². The average molecular weight is 327 g/mol. The van der Waals surface area contributed by atoms with Crippen LogP contribution in [-0.2, 0) is 6.42 Å². The highest BCUT2D eigenvalue weighted by molar-refractivity contribution is 5.61. The van der Waals surface area contributed by atoms with Gasteiger partial charge in [-0.05, 0) is 51.2 Å². The molecule has 2 aromatic rings. The fraction of sp³-hybridized carbons (Fsp3) is 0.350. The number of aliphatic hydroxyl groups excluding tert-OH is 1. The van der Waals surface area contributed by atoms with E-state index in [0.29, 0.717) is 5.75 Å². The summed E-state index contributed by atoms with van der Waals surface area (Å²) in [5.41, 5.74) is 2.36. The second-order valence-corrected chi connectivity index (χ2v) is 6.35. The number of hydrogen-bond donors (Lipinski definition) is 2. The van der Waals surface area contributed by atoms with E-state index in [4.69, 9.17) is 4.74 Å². The van der Waals surface area contributed by atoms with E-state index in [1.54, 1.807) is 0 Å². The summed E-state index contributed by atoms with van der Waals surface area (Å²) in [6.45, 7) is 4.14. The van der Waals surface area contributed by atoms with E-state index in [0.717, 1.165) is 12.0 Å². The van der Waals surface area contributed by atoms with Crippen LogP contribution in [0.4, 0.5) is 0 Å². The van der Waals surface area contributed by atoms with Crippen LogP contribution in [0.3, 0.4) is 0 Å². The van der Waals surface area contributed by atoms with Crippen LogP contribution >= 0.6 is 0 Å². The summed E-state index contributed by atoms with van der Waals surface area (Å²) in [6.07, 6.45) is 0.638. The Bertz CT molecular complexity index is 668.